The van der Waals surface area contributed by atoms with Gasteiger partial charge in [0.2, 0.25) is 5.78 Å². The molecule has 2 aromatic carbocycles. The average Bonchev–Trinajstić information content (AvgIpc) is 4.04. The summed E-state index contributed by atoms with van der Waals surface area (Å²) in [6.45, 7) is 16.6. The SMILES string of the molecule is CN1CCN(C2CCN(Cc3c(OC(=O)N4CCC(N5CCCCC5)CC4)ccc4[nH]c(C(=O)c5cc6cc(NC(=O)Nc7cc(C(C)(C)C)on7)ccc6o5)cc34)CC2)CC1. The quantitative estimate of drug-likeness (QED) is 0.125. The summed E-state index contributed by atoms with van der Waals surface area (Å²) in [6, 6.07) is 14.8. The molecule has 0 atom stereocenters. The molecule has 0 radical (unpaired) electrons. The number of H-pyrrole nitrogens is 1. The van der Waals surface area contributed by atoms with Crippen molar-refractivity contribution >= 4 is 51.3 Å². The second kappa shape index (κ2) is 17.9. The van der Waals surface area contributed by atoms with Gasteiger partial charge in [-0.2, -0.15) is 0 Å². The molecule has 330 valence electrons. The van der Waals surface area contributed by atoms with Crippen LogP contribution >= 0.6 is 0 Å². The minimum absolute atomic E-state index is 0.164. The Bertz CT molecular complexity index is 2380. The number of ether oxygens (including phenoxy) is 1. The van der Waals surface area contributed by atoms with Gasteiger partial charge in [0.1, 0.15) is 17.1 Å². The number of likely N-dealkylation sites (tertiary alicyclic amines) is 3. The van der Waals surface area contributed by atoms with Gasteiger partial charge >= 0.3 is 12.1 Å². The number of piperazine rings is 1. The smallest absolute Gasteiger partial charge is 0.415 e. The molecule has 0 aliphatic carbocycles. The Balaban J connectivity index is 0.914. The highest BCUT2D eigenvalue weighted by atomic mass is 16.6. The standard InChI is InChI=1S/C47H61N9O6/c1-47(2,3)42-29-43(51-62-42)50-45(58)48-32-8-10-39-31(26-32)27-41(60-39)44(57)38-28-35-36(30-53-18-12-33(13-19-53)55-24-22-52(4)23-25-55)40(11-9-37(35)49-38)61-46(59)56-20-14-34(15-21-56)54-16-6-5-7-17-54/h8-11,26-29,33-34,49H,5-7,12-25,30H2,1-4H3,(H2,48,50,51,58). The molecule has 5 aromatic rings. The lowest BCUT2D eigenvalue weighted by atomic mass is 9.93. The van der Waals surface area contributed by atoms with Crippen LogP contribution in [-0.4, -0.2) is 137 Å². The third kappa shape index (κ3) is 9.41. The summed E-state index contributed by atoms with van der Waals surface area (Å²) in [5.41, 5.74) is 2.84. The molecule has 7 heterocycles. The summed E-state index contributed by atoms with van der Waals surface area (Å²) in [6.07, 6.45) is 7.62. The van der Waals surface area contributed by atoms with Crippen molar-refractivity contribution in [2.75, 3.05) is 83.1 Å². The van der Waals surface area contributed by atoms with Crippen LogP contribution < -0.4 is 15.4 Å². The molecule has 4 aliphatic rings. The van der Waals surface area contributed by atoms with Gasteiger partial charge in [0, 0.05) is 96.9 Å². The Morgan fingerprint density at radius 3 is 2.23 bits per heavy atom. The molecule has 0 bridgehead atoms. The predicted octanol–water partition coefficient (Wildman–Crippen LogP) is 7.74. The molecule has 4 fully saturated rings. The maximum atomic E-state index is 14.1. The van der Waals surface area contributed by atoms with Gasteiger partial charge in [-0.15, -0.1) is 0 Å². The van der Waals surface area contributed by atoms with Crippen LogP contribution in [0.5, 0.6) is 5.75 Å². The fourth-order valence-corrected chi connectivity index (χ4v) is 9.67. The number of hydrogen-bond acceptors (Lipinski definition) is 11. The fraction of sp³-hybridized carbons (Fsp3) is 0.532. The normalized spacial score (nSPS) is 19.6. The zero-order valence-electron chi connectivity index (χ0n) is 36.6. The van der Waals surface area contributed by atoms with Gasteiger partial charge in [-0.05, 0) is 114 Å². The molecule has 0 spiro atoms. The number of benzene rings is 2. The summed E-state index contributed by atoms with van der Waals surface area (Å²) in [5.74, 6) is 1.36. The number of nitrogens with zero attached hydrogens (tertiary/aromatic N) is 6. The molecule has 4 saturated heterocycles. The van der Waals surface area contributed by atoms with Crippen LogP contribution in [0.15, 0.2) is 57.5 Å². The number of ketones is 1. The number of fused-ring (bicyclic) bond motifs is 2. The van der Waals surface area contributed by atoms with Crippen LogP contribution in [0.4, 0.5) is 21.1 Å². The zero-order valence-corrected chi connectivity index (χ0v) is 36.6. The minimum atomic E-state index is -0.478. The number of carbonyl (C=O) groups excluding carboxylic acids is 3. The lowest BCUT2D eigenvalue weighted by Crippen LogP contribution is -2.52. The predicted molar refractivity (Wildman–Crippen MR) is 239 cm³/mol. The van der Waals surface area contributed by atoms with Gasteiger partial charge in [0.25, 0.3) is 0 Å². The average molecular weight is 848 g/mol. The number of furan rings is 1. The van der Waals surface area contributed by atoms with Crippen LogP contribution in [0.3, 0.4) is 0 Å². The number of rotatable bonds is 9. The first-order valence-corrected chi connectivity index (χ1v) is 22.6. The van der Waals surface area contributed by atoms with Gasteiger partial charge in [-0.3, -0.25) is 19.9 Å². The van der Waals surface area contributed by atoms with E-state index in [0.717, 1.165) is 94.5 Å². The number of hydrogen-bond donors (Lipinski definition) is 3. The Kier molecular flexibility index (Phi) is 12.1. The van der Waals surface area contributed by atoms with E-state index < -0.39 is 6.03 Å². The number of carbonyl (C=O) groups is 3. The number of aromatic nitrogens is 2. The topological polar surface area (TPSA) is 156 Å². The summed E-state index contributed by atoms with van der Waals surface area (Å²) in [4.78, 5) is 56.1. The van der Waals surface area contributed by atoms with Crippen LogP contribution in [0, 0.1) is 0 Å². The Morgan fingerprint density at radius 1 is 0.806 bits per heavy atom. The third-order valence-electron chi connectivity index (χ3n) is 13.4. The van der Waals surface area contributed by atoms with E-state index in [2.05, 4.69) is 47.4 Å². The lowest BCUT2D eigenvalue weighted by Gasteiger charge is -2.42. The minimum Gasteiger partial charge on any atom is -0.453 e. The van der Waals surface area contributed by atoms with E-state index in [9.17, 15) is 14.4 Å². The summed E-state index contributed by atoms with van der Waals surface area (Å²) in [7, 11) is 2.20. The molecule has 0 unspecified atom stereocenters. The van der Waals surface area contributed by atoms with Crippen molar-refractivity contribution in [3.63, 3.8) is 0 Å². The Morgan fingerprint density at radius 2 is 1.52 bits per heavy atom. The first-order chi connectivity index (χ1) is 29.9. The highest BCUT2D eigenvalue weighted by Gasteiger charge is 2.31. The molecule has 3 aromatic heterocycles. The first-order valence-electron chi connectivity index (χ1n) is 22.6. The number of likely N-dealkylation sites (N-methyl/N-ethyl adjacent to an activating group) is 1. The lowest BCUT2D eigenvalue weighted by molar-refractivity contribution is 0.0655. The van der Waals surface area contributed by atoms with E-state index in [1.54, 1.807) is 30.3 Å². The van der Waals surface area contributed by atoms with Crippen LogP contribution in [0.2, 0.25) is 0 Å². The largest absolute Gasteiger partial charge is 0.453 e. The van der Waals surface area contributed by atoms with Crippen LogP contribution in [0.25, 0.3) is 21.9 Å². The van der Waals surface area contributed by atoms with Crippen molar-refractivity contribution in [2.24, 2.45) is 0 Å². The molecule has 4 aliphatic heterocycles. The maximum Gasteiger partial charge on any atom is 0.415 e. The van der Waals surface area contributed by atoms with Gasteiger partial charge in [0.15, 0.2) is 11.6 Å². The molecule has 15 heteroatoms. The van der Waals surface area contributed by atoms with Crippen LogP contribution in [0.1, 0.15) is 93.3 Å². The van der Waals surface area contributed by atoms with Gasteiger partial charge < -0.3 is 38.7 Å². The van der Waals surface area contributed by atoms with E-state index in [4.69, 9.17) is 13.7 Å². The molecular weight excluding hydrogens is 787 g/mol. The van der Waals surface area contributed by atoms with Gasteiger partial charge in [-0.1, -0.05) is 32.3 Å². The number of nitrogens with one attached hydrogen (secondary N) is 3. The van der Waals surface area contributed by atoms with Gasteiger partial charge in [-0.25, -0.2) is 9.59 Å². The maximum absolute atomic E-state index is 14.1. The second-order valence-corrected chi connectivity index (χ2v) is 18.8. The van der Waals surface area contributed by atoms with Crippen molar-refractivity contribution in [1.82, 2.24) is 34.6 Å². The Labute approximate surface area is 363 Å². The number of aromatic amines is 1. The Hall–Kier alpha value is -5.22. The van der Waals surface area contributed by atoms with E-state index in [0.29, 0.717) is 71.4 Å². The highest BCUT2D eigenvalue weighted by molar-refractivity contribution is 6.11. The molecule has 9 rings (SSSR count). The van der Waals surface area contributed by atoms with Crippen molar-refractivity contribution < 1.29 is 28.1 Å². The summed E-state index contributed by atoms with van der Waals surface area (Å²) >= 11 is 0. The summed E-state index contributed by atoms with van der Waals surface area (Å²) < 4.78 is 17.7. The van der Waals surface area contributed by atoms with E-state index in [1.165, 1.54) is 19.3 Å². The number of piperidine rings is 3. The summed E-state index contributed by atoms with van der Waals surface area (Å²) in [5, 5.41) is 11.0. The van der Waals surface area contributed by atoms with Crippen molar-refractivity contribution in [3.05, 3.63) is 71.3 Å². The highest BCUT2D eigenvalue weighted by Crippen LogP contribution is 2.34. The molecule has 15 nitrogen and oxygen atoms in total. The molecular formula is C47H61N9O6. The van der Waals surface area contributed by atoms with E-state index in [-0.39, 0.29) is 23.1 Å². The van der Waals surface area contributed by atoms with Gasteiger partial charge in [0.05, 0.1) is 5.69 Å². The fourth-order valence-electron chi connectivity index (χ4n) is 9.67. The molecule has 0 saturated carbocycles. The number of anilines is 2. The molecule has 62 heavy (non-hydrogen) atoms. The van der Waals surface area contributed by atoms with Crippen molar-refractivity contribution in [3.8, 4) is 5.75 Å². The third-order valence-corrected chi connectivity index (χ3v) is 13.4. The van der Waals surface area contributed by atoms with Crippen LogP contribution in [-0.2, 0) is 12.0 Å². The molecule has 3 amide bonds. The van der Waals surface area contributed by atoms with E-state index in [1.807, 2.05) is 43.9 Å². The van der Waals surface area contributed by atoms with E-state index >= 15 is 0 Å². The zero-order chi connectivity index (χ0) is 43.0. The molecule has 3 N–H and O–H groups in total. The number of amides is 3. The van der Waals surface area contributed by atoms with Crippen molar-refractivity contribution in [2.45, 2.75) is 89.8 Å². The first kappa shape index (κ1) is 42.1. The second-order valence-electron chi connectivity index (χ2n) is 18.8. The number of urea groups is 1. The monoisotopic (exact) mass is 847 g/mol. The van der Waals surface area contributed by atoms with Crippen molar-refractivity contribution in [1.29, 1.82) is 0 Å².